The molecule has 0 aromatic carbocycles. The van der Waals surface area contributed by atoms with Crippen molar-refractivity contribution in [3.8, 4) is 0 Å². The van der Waals surface area contributed by atoms with E-state index in [2.05, 4.69) is 0 Å². The van der Waals surface area contributed by atoms with E-state index in [1.807, 2.05) is 13.8 Å². The number of alkyl halides is 3. The van der Waals surface area contributed by atoms with E-state index >= 15 is 0 Å². The van der Waals surface area contributed by atoms with Gasteiger partial charge >= 0.3 is 103 Å². The van der Waals surface area contributed by atoms with Gasteiger partial charge in [-0.2, -0.15) is 0 Å². The molecule has 15 heavy (non-hydrogen) atoms. The van der Waals surface area contributed by atoms with E-state index in [0.717, 1.165) is 6.92 Å². The monoisotopic (exact) mass is 332 g/mol. The first-order valence-electron chi connectivity index (χ1n) is 4.90. The molecule has 0 spiro atoms. The summed E-state index contributed by atoms with van der Waals surface area (Å²) >= 11 is 0.440. The van der Waals surface area contributed by atoms with Crippen LogP contribution in [0.1, 0.15) is 27.7 Å². The van der Waals surface area contributed by atoms with E-state index in [1.54, 1.807) is 11.8 Å². The molecule has 2 unspecified atom stereocenters. The number of halogens is 3. The van der Waals surface area contributed by atoms with Crippen molar-refractivity contribution in [1.82, 2.24) is 4.90 Å². The fourth-order valence-corrected chi connectivity index (χ4v) is 2.32. The van der Waals surface area contributed by atoms with Crippen LogP contribution in [0.2, 0.25) is 0 Å². The van der Waals surface area contributed by atoms with Gasteiger partial charge in [-0.25, -0.2) is 0 Å². The van der Waals surface area contributed by atoms with Crippen LogP contribution in [0.4, 0.5) is 13.2 Å². The number of likely N-dealkylation sites (N-methyl/N-ethyl adjacent to an activating group) is 1. The summed E-state index contributed by atoms with van der Waals surface area (Å²) in [5.74, 6) is 0. The number of nitrogens with zero attached hydrogens (tertiary/aromatic N) is 1. The van der Waals surface area contributed by atoms with Gasteiger partial charge in [0.25, 0.3) is 0 Å². The van der Waals surface area contributed by atoms with Crippen molar-refractivity contribution >= 4 is 22.9 Å². The second-order valence-electron chi connectivity index (χ2n) is 3.60. The van der Waals surface area contributed by atoms with Crippen LogP contribution in [0.15, 0.2) is 0 Å². The van der Waals surface area contributed by atoms with E-state index < -0.39 is 17.8 Å². The maximum atomic E-state index is 12.9. The van der Waals surface area contributed by atoms with E-state index in [1.165, 1.54) is 0 Å². The van der Waals surface area contributed by atoms with Gasteiger partial charge in [-0.05, 0) is 0 Å². The summed E-state index contributed by atoms with van der Waals surface area (Å²) in [5, 5.41) is 0. The summed E-state index contributed by atoms with van der Waals surface area (Å²) in [5.41, 5.74) is -2.07. The van der Waals surface area contributed by atoms with Crippen molar-refractivity contribution in [3.63, 3.8) is 0 Å². The number of hydrogen-bond donors (Lipinski definition) is 0. The molecule has 0 aromatic heterocycles. The first-order valence-corrected chi connectivity index (χ1v) is 6.06. The Kier molecular flexibility index (Phi) is 5.92. The Labute approximate surface area is 103 Å². The fraction of sp³-hybridized carbons (Fsp3) is 1.00. The average Bonchev–Trinajstić information content (AvgIpc) is 2.16. The topological polar surface area (TPSA) is 12.5 Å². The molecule has 0 rings (SSSR count). The summed E-state index contributed by atoms with van der Waals surface area (Å²) in [4.78, 5) is 1.75. The minimum absolute atomic E-state index is 0.440. The normalized spacial score (nSPS) is 19.0. The van der Waals surface area contributed by atoms with Crippen LogP contribution in [0.3, 0.4) is 0 Å². The molecule has 0 aliphatic heterocycles. The summed E-state index contributed by atoms with van der Waals surface area (Å²) < 4.78 is 43.3. The molecule has 0 saturated heterocycles. The van der Waals surface area contributed by atoms with Crippen LogP contribution in [0.25, 0.3) is 0 Å². The molecule has 3 radical (unpaired) electrons. The Morgan fingerprint density at radius 1 is 1.27 bits per heavy atom. The third-order valence-corrected chi connectivity index (χ3v) is 4.14. The summed E-state index contributed by atoms with van der Waals surface area (Å²) in [7, 11) is 0. The maximum absolute atomic E-state index is 12.9. The van der Waals surface area contributed by atoms with Crippen LogP contribution in [-0.4, -0.2) is 58.7 Å². The predicted molar refractivity (Wildman–Crippen MR) is 53.7 cm³/mol. The molecule has 0 bridgehead atoms. The third-order valence-electron chi connectivity index (χ3n) is 2.93. The van der Waals surface area contributed by atoms with Crippen molar-refractivity contribution < 1.29 is 16.2 Å². The van der Waals surface area contributed by atoms with Gasteiger partial charge in [-0.1, -0.05) is 0 Å². The first kappa shape index (κ1) is 15.5. The molecule has 0 heterocycles. The molecule has 0 aliphatic rings. The second kappa shape index (κ2) is 5.72. The quantitative estimate of drug-likeness (QED) is 0.716. The van der Waals surface area contributed by atoms with Gasteiger partial charge in [0.05, 0.1) is 0 Å². The molecule has 2 atom stereocenters. The van der Waals surface area contributed by atoms with Crippen molar-refractivity contribution in [2.24, 2.45) is 0 Å². The average molecular weight is 331 g/mol. The minimum atomic E-state index is -4.33. The van der Waals surface area contributed by atoms with Gasteiger partial charge in [-0.15, -0.1) is 0 Å². The molecule has 89 valence electrons. The molecule has 0 amide bonds. The second-order valence-corrected chi connectivity index (χ2v) is 4.19. The zero-order valence-electron chi connectivity index (χ0n) is 9.48. The summed E-state index contributed by atoms with van der Waals surface area (Å²) in [6, 6.07) is -0.674. The van der Waals surface area contributed by atoms with Crippen molar-refractivity contribution in [3.05, 3.63) is 0 Å². The standard InChI is InChI=1S/C9H17F3NO.Sn/c1-5-13(6-2)7(3)8(4,14)9(10,11)12;/h7H,5-6H2,1-4H3;/q-1;+1. The van der Waals surface area contributed by atoms with E-state index in [-0.39, 0.29) is 0 Å². The fourth-order valence-electron chi connectivity index (χ4n) is 1.50. The zero-order chi connectivity index (χ0) is 12.3. The Hall–Kier alpha value is 0.509. The molecule has 0 saturated carbocycles. The Bertz CT molecular complexity index is 196. The van der Waals surface area contributed by atoms with E-state index in [4.69, 9.17) is 3.07 Å². The molecule has 0 fully saturated rings. The molecule has 0 aromatic rings. The van der Waals surface area contributed by atoms with Crippen LogP contribution < -0.4 is 0 Å². The number of rotatable bonds is 5. The van der Waals surface area contributed by atoms with Crippen LogP contribution in [0, 0.1) is 0 Å². The molecular formula is C9H17F3NOSn. The van der Waals surface area contributed by atoms with Crippen molar-refractivity contribution in [1.29, 1.82) is 0 Å². The first-order chi connectivity index (χ1) is 6.74. The van der Waals surface area contributed by atoms with Crippen molar-refractivity contribution in [2.45, 2.75) is 45.5 Å². The molecule has 0 aliphatic carbocycles. The SMILES string of the molecule is CCN(CC)C(C)C(C)([O][Sn])C(F)(F)F. The van der Waals surface area contributed by atoms with Gasteiger partial charge < -0.3 is 0 Å². The van der Waals surface area contributed by atoms with E-state index in [0.29, 0.717) is 36.0 Å². The van der Waals surface area contributed by atoms with Gasteiger partial charge in [0.15, 0.2) is 0 Å². The third kappa shape index (κ3) is 3.23. The predicted octanol–water partition coefficient (Wildman–Crippen LogP) is 2.14. The van der Waals surface area contributed by atoms with Crippen LogP contribution in [0.5, 0.6) is 0 Å². The van der Waals surface area contributed by atoms with Crippen LogP contribution >= 0.6 is 0 Å². The Morgan fingerprint density at radius 2 is 1.67 bits per heavy atom. The molecular weight excluding hydrogens is 314 g/mol. The van der Waals surface area contributed by atoms with Gasteiger partial charge in [-0.3, -0.25) is 0 Å². The zero-order valence-corrected chi connectivity index (χ0v) is 12.3. The van der Waals surface area contributed by atoms with Gasteiger partial charge in [0.2, 0.25) is 0 Å². The Morgan fingerprint density at radius 3 is 1.87 bits per heavy atom. The number of hydrogen-bond acceptors (Lipinski definition) is 2. The van der Waals surface area contributed by atoms with Gasteiger partial charge in [0.1, 0.15) is 0 Å². The summed E-state index contributed by atoms with van der Waals surface area (Å²) in [6.07, 6.45) is -4.33. The summed E-state index contributed by atoms with van der Waals surface area (Å²) in [6.45, 7) is 7.54. The van der Waals surface area contributed by atoms with Gasteiger partial charge in [0, 0.05) is 0 Å². The van der Waals surface area contributed by atoms with Crippen molar-refractivity contribution in [2.75, 3.05) is 13.1 Å². The molecule has 0 N–H and O–H groups in total. The Balaban J connectivity index is 4.95. The van der Waals surface area contributed by atoms with E-state index in [9.17, 15) is 13.2 Å². The van der Waals surface area contributed by atoms with Crippen LogP contribution in [-0.2, 0) is 3.07 Å². The molecule has 2 nitrogen and oxygen atoms in total. The molecule has 6 heteroatoms.